The summed E-state index contributed by atoms with van der Waals surface area (Å²) in [4.78, 5) is 11.0. The van der Waals surface area contributed by atoms with Crippen LogP contribution in [-0.4, -0.2) is 16.1 Å². The molecule has 0 bridgehead atoms. The average Bonchev–Trinajstić information content (AvgIpc) is 2.71. The van der Waals surface area contributed by atoms with Crippen molar-refractivity contribution in [2.45, 2.75) is 20.4 Å². The van der Waals surface area contributed by atoms with Crippen LogP contribution in [0.1, 0.15) is 24.2 Å². The molecule has 2 aromatic rings. The van der Waals surface area contributed by atoms with Gasteiger partial charge in [-0.05, 0) is 18.1 Å². The summed E-state index contributed by atoms with van der Waals surface area (Å²) < 4.78 is 14.9. The van der Waals surface area contributed by atoms with Crippen LogP contribution in [0.4, 0.5) is 4.39 Å². The van der Waals surface area contributed by atoms with E-state index in [1.807, 2.05) is 0 Å². The summed E-state index contributed by atoms with van der Waals surface area (Å²) in [6, 6.07) is 6.11. The zero-order chi connectivity index (χ0) is 13.1. The van der Waals surface area contributed by atoms with E-state index in [1.165, 1.54) is 12.1 Å². The molecule has 0 radical (unpaired) electrons. The van der Waals surface area contributed by atoms with Gasteiger partial charge in [-0.15, -0.1) is 0 Å². The van der Waals surface area contributed by atoms with Gasteiger partial charge in [0.05, 0.1) is 5.56 Å². The number of aldehydes is 1. The van der Waals surface area contributed by atoms with Gasteiger partial charge in [0.25, 0.3) is 0 Å². The van der Waals surface area contributed by atoms with Gasteiger partial charge in [0.2, 0.25) is 0 Å². The second-order valence-electron chi connectivity index (χ2n) is 4.68. The van der Waals surface area contributed by atoms with Gasteiger partial charge in [0.15, 0.2) is 6.29 Å². The van der Waals surface area contributed by atoms with Gasteiger partial charge in [-0.2, -0.15) is 5.10 Å². The maximum Gasteiger partial charge on any atom is 0.153 e. The van der Waals surface area contributed by atoms with Gasteiger partial charge in [0.1, 0.15) is 11.5 Å². The lowest BCUT2D eigenvalue weighted by atomic mass is 10.1. The van der Waals surface area contributed by atoms with Gasteiger partial charge in [0, 0.05) is 18.3 Å². The molecular formula is C14H15FN2O. The van der Waals surface area contributed by atoms with Crippen LogP contribution < -0.4 is 0 Å². The van der Waals surface area contributed by atoms with E-state index in [2.05, 4.69) is 18.9 Å². The predicted molar refractivity (Wildman–Crippen MR) is 67.8 cm³/mol. The van der Waals surface area contributed by atoms with Crippen LogP contribution in [0.2, 0.25) is 0 Å². The number of benzene rings is 1. The molecule has 0 spiro atoms. The first-order chi connectivity index (χ1) is 8.60. The number of rotatable bonds is 4. The Balaban J connectivity index is 2.43. The molecule has 3 nitrogen and oxygen atoms in total. The van der Waals surface area contributed by atoms with Crippen LogP contribution in [0.25, 0.3) is 11.3 Å². The zero-order valence-corrected chi connectivity index (χ0v) is 10.4. The van der Waals surface area contributed by atoms with Crippen molar-refractivity contribution in [1.29, 1.82) is 0 Å². The maximum absolute atomic E-state index is 13.2. The highest BCUT2D eigenvalue weighted by Crippen LogP contribution is 2.22. The summed E-state index contributed by atoms with van der Waals surface area (Å²) in [5.74, 6) is 0.104. The number of hydrogen-bond acceptors (Lipinski definition) is 2. The summed E-state index contributed by atoms with van der Waals surface area (Å²) in [6.07, 6.45) is 2.46. The summed E-state index contributed by atoms with van der Waals surface area (Å²) >= 11 is 0. The Morgan fingerprint density at radius 3 is 2.83 bits per heavy atom. The highest BCUT2D eigenvalue weighted by atomic mass is 19.1. The van der Waals surface area contributed by atoms with Crippen molar-refractivity contribution in [2.24, 2.45) is 5.92 Å². The van der Waals surface area contributed by atoms with Gasteiger partial charge in [-0.1, -0.05) is 26.0 Å². The van der Waals surface area contributed by atoms with E-state index in [0.29, 0.717) is 22.7 Å². The first-order valence-corrected chi connectivity index (χ1v) is 5.88. The summed E-state index contributed by atoms with van der Waals surface area (Å²) in [5, 5.41) is 4.35. The molecule has 0 aliphatic carbocycles. The van der Waals surface area contributed by atoms with Crippen LogP contribution in [0.3, 0.4) is 0 Å². The van der Waals surface area contributed by atoms with Crippen molar-refractivity contribution in [3.63, 3.8) is 0 Å². The van der Waals surface area contributed by atoms with Crippen LogP contribution in [-0.2, 0) is 6.54 Å². The van der Waals surface area contributed by atoms with E-state index in [9.17, 15) is 9.18 Å². The first kappa shape index (κ1) is 12.5. The Morgan fingerprint density at radius 1 is 1.44 bits per heavy atom. The normalized spacial score (nSPS) is 10.9. The van der Waals surface area contributed by atoms with Crippen LogP contribution in [0, 0.1) is 11.7 Å². The molecule has 0 atom stereocenters. The molecule has 0 saturated heterocycles. The molecule has 1 aromatic heterocycles. The van der Waals surface area contributed by atoms with Crippen molar-refractivity contribution in [1.82, 2.24) is 9.78 Å². The Kier molecular flexibility index (Phi) is 3.55. The lowest BCUT2D eigenvalue weighted by molar-refractivity contribution is 0.112. The van der Waals surface area contributed by atoms with E-state index in [1.54, 1.807) is 23.0 Å². The Morgan fingerprint density at radius 2 is 2.22 bits per heavy atom. The fourth-order valence-electron chi connectivity index (χ4n) is 1.85. The Labute approximate surface area is 105 Å². The molecule has 1 heterocycles. The SMILES string of the molecule is CC(C)Cn1cc(C=O)c(-c2cccc(F)c2)n1. The van der Waals surface area contributed by atoms with E-state index < -0.39 is 0 Å². The van der Waals surface area contributed by atoms with Gasteiger partial charge >= 0.3 is 0 Å². The molecule has 0 saturated carbocycles. The molecule has 0 N–H and O–H groups in total. The molecule has 94 valence electrons. The molecular weight excluding hydrogens is 231 g/mol. The second-order valence-corrected chi connectivity index (χ2v) is 4.68. The number of nitrogens with zero attached hydrogens (tertiary/aromatic N) is 2. The molecule has 1 aromatic carbocycles. The highest BCUT2D eigenvalue weighted by Gasteiger charge is 2.11. The fourth-order valence-corrected chi connectivity index (χ4v) is 1.85. The zero-order valence-electron chi connectivity index (χ0n) is 10.4. The minimum atomic E-state index is -0.331. The number of carbonyl (C=O) groups excluding carboxylic acids is 1. The van der Waals surface area contributed by atoms with E-state index >= 15 is 0 Å². The van der Waals surface area contributed by atoms with Crippen molar-refractivity contribution in [3.05, 3.63) is 41.8 Å². The third kappa shape index (κ3) is 2.64. The fraction of sp³-hybridized carbons (Fsp3) is 0.286. The van der Waals surface area contributed by atoms with E-state index in [0.717, 1.165) is 12.8 Å². The van der Waals surface area contributed by atoms with Gasteiger partial charge < -0.3 is 0 Å². The molecule has 0 fully saturated rings. The monoisotopic (exact) mass is 246 g/mol. The van der Waals surface area contributed by atoms with E-state index in [4.69, 9.17) is 0 Å². The maximum atomic E-state index is 13.2. The topological polar surface area (TPSA) is 34.9 Å². The number of hydrogen-bond donors (Lipinski definition) is 0. The lowest BCUT2D eigenvalue weighted by Gasteiger charge is -2.03. The average molecular weight is 246 g/mol. The first-order valence-electron chi connectivity index (χ1n) is 5.88. The van der Waals surface area contributed by atoms with Crippen molar-refractivity contribution >= 4 is 6.29 Å². The van der Waals surface area contributed by atoms with Gasteiger partial charge in [-0.25, -0.2) is 4.39 Å². The van der Waals surface area contributed by atoms with Crippen LogP contribution in [0.15, 0.2) is 30.5 Å². The Bertz CT molecular complexity index is 561. The number of carbonyl (C=O) groups is 1. The molecule has 4 heteroatoms. The minimum Gasteiger partial charge on any atom is -0.298 e. The number of aromatic nitrogens is 2. The molecule has 0 amide bonds. The summed E-state index contributed by atoms with van der Waals surface area (Å²) in [6.45, 7) is 4.88. The van der Waals surface area contributed by atoms with Crippen molar-refractivity contribution < 1.29 is 9.18 Å². The number of halogens is 1. The molecule has 18 heavy (non-hydrogen) atoms. The van der Waals surface area contributed by atoms with Gasteiger partial charge in [-0.3, -0.25) is 9.48 Å². The van der Waals surface area contributed by atoms with Crippen molar-refractivity contribution in [3.8, 4) is 11.3 Å². The molecule has 0 aliphatic rings. The smallest absolute Gasteiger partial charge is 0.153 e. The quantitative estimate of drug-likeness (QED) is 0.777. The highest BCUT2D eigenvalue weighted by molar-refractivity contribution is 5.85. The lowest BCUT2D eigenvalue weighted by Crippen LogP contribution is -2.04. The van der Waals surface area contributed by atoms with E-state index in [-0.39, 0.29) is 5.82 Å². The summed E-state index contributed by atoms with van der Waals surface area (Å²) in [7, 11) is 0. The predicted octanol–water partition coefficient (Wildman–Crippen LogP) is 3.16. The Hall–Kier alpha value is -1.97. The third-order valence-corrected chi connectivity index (χ3v) is 2.57. The molecule has 0 unspecified atom stereocenters. The molecule has 0 aliphatic heterocycles. The standard InChI is InChI=1S/C14H15FN2O/c1-10(2)7-17-8-12(9-18)14(16-17)11-4-3-5-13(15)6-11/h3-6,8-10H,7H2,1-2H3. The molecule has 2 rings (SSSR count). The second kappa shape index (κ2) is 5.12. The van der Waals surface area contributed by atoms with Crippen LogP contribution in [0.5, 0.6) is 0 Å². The largest absolute Gasteiger partial charge is 0.298 e. The van der Waals surface area contributed by atoms with Crippen molar-refractivity contribution in [2.75, 3.05) is 0 Å². The third-order valence-electron chi connectivity index (χ3n) is 2.57. The summed E-state index contributed by atoms with van der Waals surface area (Å²) in [5.41, 5.74) is 1.64. The minimum absolute atomic E-state index is 0.331. The van der Waals surface area contributed by atoms with Crippen LogP contribution >= 0.6 is 0 Å².